The minimum absolute atomic E-state index is 0.176. The molecule has 0 aliphatic heterocycles. The van der Waals surface area contributed by atoms with Crippen LogP contribution in [0, 0.1) is 5.92 Å². The molecule has 0 radical (unpaired) electrons. The highest BCUT2D eigenvalue weighted by molar-refractivity contribution is 7.99. The predicted octanol–water partition coefficient (Wildman–Crippen LogP) is 3.60. The third-order valence-corrected chi connectivity index (χ3v) is 2.67. The summed E-state index contributed by atoms with van der Waals surface area (Å²) in [5.41, 5.74) is 0.437. The number of para-hydroxylation sites is 1. The molecule has 16 heavy (non-hydrogen) atoms. The van der Waals surface area contributed by atoms with Crippen LogP contribution in [0.4, 0.5) is 14.5 Å². The molecule has 0 heterocycles. The molecule has 2 nitrogen and oxygen atoms in total. The molecule has 0 aliphatic carbocycles. The Balaban J connectivity index is 2.82. The summed E-state index contributed by atoms with van der Waals surface area (Å²) in [4.78, 5) is 11.8. The first-order valence-corrected chi connectivity index (χ1v) is 5.73. The first-order chi connectivity index (χ1) is 7.50. The summed E-state index contributed by atoms with van der Waals surface area (Å²) >= 11 is 0.431. The normalized spacial score (nSPS) is 10.9. The highest BCUT2D eigenvalue weighted by atomic mass is 32.2. The van der Waals surface area contributed by atoms with Crippen LogP contribution in [0.3, 0.4) is 0 Å². The Labute approximate surface area is 97.4 Å². The molecule has 1 N–H and O–H groups in total. The minimum atomic E-state index is -2.49. The van der Waals surface area contributed by atoms with Crippen LogP contribution < -0.4 is 5.32 Å². The van der Waals surface area contributed by atoms with E-state index in [1.807, 2.05) is 0 Å². The molecule has 1 rings (SSSR count). The second-order valence-corrected chi connectivity index (χ2v) is 4.55. The Hall–Kier alpha value is -1.10. The van der Waals surface area contributed by atoms with E-state index in [4.69, 9.17) is 0 Å². The molecule has 0 unspecified atom stereocenters. The van der Waals surface area contributed by atoms with Crippen molar-refractivity contribution in [2.24, 2.45) is 5.92 Å². The van der Waals surface area contributed by atoms with Gasteiger partial charge in [-0.3, -0.25) is 4.79 Å². The molecule has 5 heteroatoms. The second-order valence-electron chi connectivity index (χ2n) is 3.52. The van der Waals surface area contributed by atoms with Gasteiger partial charge in [0, 0.05) is 10.8 Å². The van der Waals surface area contributed by atoms with E-state index in [1.54, 1.807) is 38.1 Å². The number of carbonyl (C=O) groups excluding carboxylic acids is 1. The van der Waals surface area contributed by atoms with Crippen molar-refractivity contribution in [2.75, 3.05) is 5.32 Å². The summed E-state index contributed by atoms with van der Waals surface area (Å²) in [5, 5.41) is 2.62. The van der Waals surface area contributed by atoms with E-state index >= 15 is 0 Å². The van der Waals surface area contributed by atoms with E-state index in [1.165, 1.54) is 0 Å². The molecule has 0 aromatic heterocycles. The number of benzene rings is 1. The zero-order chi connectivity index (χ0) is 12.1. The van der Waals surface area contributed by atoms with E-state index in [0.29, 0.717) is 22.3 Å². The van der Waals surface area contributed by atoms with Crippen molar-refractivity contribution in [3.63, 3.8) is 0 Å². The molecule has 0 aliphatic rings. The van der Waals surface area contributed by atoms with Gasteiger partial charge < -0.3 is 5.32 Å². The molecule has 0 bridgehead atoms. The van der Waals surface area contributed by atoms with Crippen LogP contribution in [0.15, 0.2) is 29.2 Å². The van der Waals surface area contributed by atoms with Crippen molar-refractivity contribution in [2.45, 2.75) is 24.5 Å². The molecule has 0 saturated carbocycles. The van der Waals surface area contributed by atoms with Gasteiger partial charge in [0.1, 0.15) is 0 Å². The van der Waals surface area contributed by atoms with E-state index in [2.05, 4.69) is 5.32 Å². The Bertz CT molecular complexity index is 369. The summed E-state index contributed by atoms with van der Waals surface area (Å²) in [6.07, 6.45) is 0. The predicted molar refractivity (Wildman–Crippen MR) is 61.8 cm³/mol. The lowest BCUT2D eigenvalue weighted by Crippen LogP contribution is -2.18. The first kappa shape index (κ1) is 13.0. The fraction of sp³-hybridized carbons (Fsp3) is 0.364. The van der Waals surface area contributed by atoms with Gasteiger partial charge in [0.05, 0.1) is 5.69 Å². The van der Waals surface area contributed by atoms with Crippen LogP contribution in [0.1, 0.15) is 13.8 Å². The fourth-order valence-electron chi connectivity index (χ4n) is 1.05. The fourth-order valence-corrected chi connectivity index (χ4v) is 1.64. The standard InChI is InChI=1S/C11H13F2NOS/c1-7(2)10(15)14-8-5-3-4-6-9(8)16-11(12)13/h3-7,11H,1-2H3,(H,14,15). The van der Waals surface area contributed by atoms with E-state index in [9.17, 15) is 13.6 Å². The molecule has 0 saturated heterocycles. The van der Waals surface area contributed by atoms with Gasteiger partial charge in [-0.2, -0.15) is 8.78 Å². The number of anilines is 1. The van der Waals surface area contributed by atoms with Crippen molar-refractivity contribution in [1.82, 2.24) is 0 Å². The number of halogens is 2. The number of carbonyl (C=O) groups is 1. The highest BCUT2D eigenvalue weighted by Crippen LogP contribution is 2.31. The van der Waals surface area contributed by atoms with Gasteiger partial charge in [-0.15, -0.1) is 0 Å². The molecular formula is C11H13F2NOS. The number of amides is 1. The monoisotopic (exact) mass is 245 g/mol. The quantitative estimate of drug-likeness (QED) is 0.821. The Morgan fingerprint density at radius 2 is 1.94 bits per heavy atom. The van der Waals surface area contributed by atoms with Crippen LogP contribution in [0.2, 0.25) is 0 Å². The van der Waals surface area contributed by atoms with E-state index in [-0.39, 0.29) is 11.8 Å². The summed E-state index contributed by atoms with van der Waals surface area (Å²) in [6, 6.07) is 6.54. The Kier molecular flexibility index (Phi) is 4.73. The van der Waals surface area contributed by atoms with Crippen LogP contribution >= 0.6 is 11.8 Å². The van der Waals surface area contributed by atoms with Gasteiger partial charge in [0.15, 0.2) is 0 Å². The molecule has 1 aromatic carbocycles. The maximum atomic E-state index is 12.2. The zero-order valence-corrected chi connectivity index (χ0v) is 9.85. The summed E-state index contributed by atoms with van der Waals surface area (Å²) in [6.45, 7) is 3.50. The first-order valence-electron chi connectivity index (χ1n) is 4.85. The maximum absolute atomic E-state index is 12.2. The van der Waals surface area contributed by atoms with Crippen molar-refractivity contribution in [3.8, 4) is 0 Å². The van der Waals surface area contributed by atoms with Gasteiger partial charge >= 0.3 is 0 Å². The molecule has 1 amide bonds. The number of hydrogen-bond acceptors (Lipinski definition) is 2. The maximum Gasteiger partial charge on any atom is 0.288 e. The van der Waals surface area contributed by atoms with Crippen molar-refractivity contribution < 1.29 is 13.6 Å². The molecule has 0 spiro atoms. The zero-order valence-electron chi connectivity index (χ0n) is 9.04. The van der Waals surface area contributed by atoms with Crippen molar-refractivity contribution >= 4 is 23.4 Å². The Morgan fingerprint density at radius 1 is 1.31 bits per heavy atom. The number of alkyl halides is 2. The third kappa shape index (κ3) is 3.81. The molecule has 88 valence electrons. The van der Waals surface area contributed by atoms with Crippen LogP contribution in [-0.4, -0.2) is 11.7 Å². The lowest BCUT2D eigenvalue weighted by Gasteiger charge is -2.11. The summed E-state index contributed by atoms with van der Waals surface area (Å²) in [5.74, 6) is -2.84. The van der Waals surface area contributed by atoms with Gasteiger partial charge in [0.25, 0.3) is 5.76 Å². The van der Waals surface area contributed by atoms with E-state index < -0.39 is 5.76 Å². The number of thioether (sulfide) groups is 1. The molecule has 0 fully saturated rings. The summed E-state index contributed by atoms with van der Waals surface area (Å²) in [7, 11) is 0. The lowest BCUT2D eigenvalue weighted by atomic mass is 10.2. The number of hydrogen-bond donors (Lipinski definition) is 1. The van der Waals surface area contributed by atoms with Gasteiger partial charge in [-0.05, 0) is 12.1 Å². The average molecular weight is 245 g/mol. The minimum Gasteiger partial charge on any atom is -0.325 e. The SMILES string of the molecule is CC(C)C(=O)Nc1ccccc1SC(F)F. The van der Waals surface area contributed by atoms with Gasteiger partial charge in [-0.25, -0.2) is 0 Å². The number of rotatable bonds is 4. The number of nitrogens with one attached hydrogen (secondary N) is 1. The Morgan fingerprint density at radius 3 is 2.50 bits per heavy atom. The largest absolute Gasteiger partial charge is 0.325 e. The topological polar surface area (TPSA) is 29.1 Å². The lowest BCUT2D eigenvalue weighted by molar-refractivity contribution is -0.118. The third-order valence-electron chi connectivity index (χ3n) is 1.89. The highest BCUT2D eigenvalue weighted by Gasteiger charge is 2.13. The van der Waals surface area contributed by atoms with Crippen LogP contribution in [0.5, 0.6) is 0 Å². The molecule has 1 aromatic rings. The van der Waals surface area contributed by atoms with Crippen molar-refractivity contribution in [1.29, 1.82) is 0 Å². The van der Waals surface area contributed by atoms with Crippen molar-refractivity contribution in [3.05, 3.63) is 24.3 Å². The molecular weight excluding hydrogens is 232 g/mol. The van der Waals surface area contributed by atoms with Gasteiger partial charge in [0.2, 0.25) is 5.91 Å². The summed E-state index contributed by atoms with van der Waals surface area (Å²) < 4.78 is 24.5. The smallest absolute Gasteiger partial charge is 0.288 e. The molecule has 0 atom stereocenters. The van der Waals surface area contributed by atoms with Gasteiger partial charge in [-0.1, -0.05) is 37.7 Å². The average Bonchev–Trinajstić information content (AvgIpc) is 2.20. The second kappa shape index (κ2) is 5.84. The van der Waals surface area contributed by atoms with Crippen LogP contribution in [-0.2, 0) is 4.79 Å². The van der Waals surface area contributed by atoms with E-state index in [0.717, 1.165) is 0 Å². The van der Waals surface area contributed by atoms with Crippen LogP contribution in [0.25, 0.3) is 0 Å².